The van der Waals surface area contributed by atoms with Crippen molar-refractivity contribution in [3.8, 4) is 0 Å². The Balaban J connectivity index is 1.92. The van der Waals surface area contributed by atoms with Crippen LogP contribution in [-0.2, 0) is 11.3 Å². The van der Waals surface area contributed by atoms with Crippen LogP contribution in [0.1, 0.15) is 11.5 Å². The predicted octanol–water partition coefficient (Wildman–Crippen LogP) is 1.71. The van der Waals surface area contributed by atoms with Gasteiger partial charge in [0, 0.05) is 25.9 Å². The molecule has 3 aromatic rings. The molecule has 7 nitrogen and oxygen atoms in total. The summed E-state index contributed by atoms with van der Waals surface area (Å²) in [4.78, 5) is 18.6. The Bertz CT molecular complexity index is 823. The molecule has 0 amide bonds. The van der Waals surface area contributed by atoms with Crippen LogP contribution in [0.2, 0.25) is 0 Å². The molecule has 0 saturated heterocycles. The number of hydrogen-bond acceptors (Lipinski definition) is 7. The summed E-state index contributed by atoms with van der Waals surface area (Å²) in [6.07, 6.45) is 1.50. The number of aromatic nitrogens is 3. The molecular weight excluding hydrogens is 304 g/mol. The lowest BCUT2D eigenvalue weighted by atomic mass is 10.4. The lowest BCUT2D eigenvalue weighted by Gasteiger charge is -2.19. The van der Waals surface area contributed by atoms with E-state index in [2.05, 4.69) is 10.1 Å². The summed E-state index contributed by atoms with van der Waals surface area (Å²) in [6.45, 7) is 3.67. The van der Waals surface area contributed by atoms with Crippen molar-refractivity contribution >= 4 is 21.4 Å². The number of methoxy groups -OCH3 is 1. The van der Waals surface area contributed by atoms with E-state index in [4.69, 9.17) is 9.15 Å². The molecule has 0 aromatic carbocycles. The average molecular weight is 320 g/mol. The van der Waals surface area contributed by atoms with Crippen LogP contribution in [0.4, 0.5) is 5.13 Å². The summed E-state index contributed by atoms with van der Waals surface area (Å²) in [6, 6.07) is 5.26. The van der Waals surface area contributed by atoms with Crippen LogP contribution in [0.15, 0.2) is 33.6 Å². The van der Waals surface area contributed by atoms with Crippen LogP contribution in [0.5, 0.6) is 0 Å². The standard InChI is InChI=1S/C14H16N4O3S/c1-10-3-4-11(21-10)9-17(7-8-20-2)14-16-18-12(19)5-6-15-13(18)22-14/h3-6H,7-9H2,1-2H3. The van der Waals surface area contributed by atoms with Gasteiger partial charge < -0.3 is 14.1 Å². The number of aryl methyl sites for hydroxylation is 1. The minimum atomic E-state index is -0.187. The van der Waals surface area contributed by atoms with Gasteiger partial charge in [-0.05, 0) is 19.1 Å². The van der Waals surface area contributed by atoms with E-state index in [1.54, 1.807) is 7.11 Å². The maximum absolute atomic E-state index is 11.8. The molecule has 0 radical (unpaired) electrons. The molecule has 3 aromatic heterocycles. The van der Waals surface area contributed by atoms with E-state index in [0.29, 0.717) is 29.8 Å². The summed E-state index contributed by atoms with van der Waals surface area (Å²) < 4.78 is 12.1. The van der Waals surface area contributed by atoms with Crippen molar-refractivity contribution in [1.29, 1.82) is 0 Å². The molecule has 0 saturated carbocycles. The molecule has 3 rings (SSSR count). The molecule has 0 fully saturated rings. The zero-order chi connectivity index (χ0) is 15.5. The third-order valence-corrected chi connectivity index (χ3v) is 4.12. The average Bonchev–Trinajstić information content (AvgIpc) is 3.10. The molecule has 0 aliphatic rings. The van der Waals surface area contributed by atoms with Gasteiger partial charge in [0.2, 0.25) is 10.1 Å². The van der Waals surface area contributed by atoms with E-state index in [1.807, 2.05) is 24.0 Å². The minimum absolute atomic E-state index is 0.187. The number of ether oxygens (including phenoxy) is 1. The topological polar surface area (TPSA) is 72.9 Å². The second-order valence-corrected chi connectivity index (χ2v) is 5.72. The summed E-state index contributed by atoms with van der Waals surface area (Å²) in [7, 11) is 1.65. The SMILES string of the molecule is COCCN(Cc1ccc(C)o1)c1nn2c(=O)ccnc2s1. The lowest BCUT2D eigenvalue weighted by molar-refractivity contribution is 0.204. The molecule has 0 N–H and O–H groups in total. The Morgan fingerprint density at radius 3 is 2.95 bits per heavy atom. The predicted molar refractivity (Wildman–Crippen MR) is 83.5 cm³/mol. The highest BCUT2D eigenvalue weighted by atomic mass is 32.1. The largest absolute Gasteiger partial charge is 0.464 e. The van der Waals surface area contributed by atoms with Gasteiger partial charge in [0.25, 0.3) is 5.56 Å². The Morgan fingerprint density at radius 1 is 1.41 bits per heavy atom. The first-order valence-electron chi connectivity index (χ1n) is 6.81. The highest BCUT2D eigenvalue weighted by Gasteiger charge is 2.15. The Labute approximate surface area is 130 Å². The third kappa shape index (κ3) is 3.02. The van der Waals surface area contributed by atoms with Gasteiger partial charge >= 0.3 is 0 Å². The minimum Gasteiger partial charge on any atom is -0.464 e. The Kier molecular flexibility index (Phi) is 4.21. The maximum Gasteiger partial charge on any atom is 0.275 e. The number of furan rings is 1. The second-order valence-electron chi connectivity index (χ2n) is 4.79. The quantitative estimate of drug-likeness (QED) is 0.688. The molecule has 0 bridgehead atoms. The van der Waals surface area contributed by atoms with Gasteiger partial charge in [-0.2, -0.15) is 4.52 Å². The lowest BCUT2D eigenvalue weighted by Crippen LogP contribution is -2.27. The monoisotopic (exact) mass is 320 g/mol. The van der Waals surface area contributed by atoms with Gasteiger partial charge in [-0.1, -0.05) is 11.3 Å². The fraction of sp³-hybridized carbons (Fsp3) is 0.357. The van der Waals surface area contributed by atoms with E-state index in [0.717, 1.165) is 11.5 Å². The number of nitrogens with zero attached hydrogens (tertiary/aromatic N) is 4. The first kappa shape index (κ1) is 14.7. The molecular formula is C14H16N4O3S. The highest BCUT2D eigenvalue weighted by molar-refractivity contribution is 7.20. The van der Waals surface area contributed by atoms with Crippen LogP contribution in [-0.4, -0.2) is 34.9 Å². The molecule has 0 atom stereocenters. The van der Waals surface area contributed by atoms with Crippen molar-refractivity contribution in [2.24, 2.45) is 0 Å². The normalized spacial score (nSPS) is 11.2. The van der Waals surface area contributed by atoms with E-state index >= 15 is 0 Å². The molecule has 8 heteroatoms. The van der Waals surface area contributed by atoms with Gasteiger partial charge in [0.15, 0.2) is 0 Å². The van der Waals surface area contributed by atoms with Crippen molar-refractivity contribution < 1.29 is 9.15 Å². The Hall–Kier alpha value is -2.19. The first-order chi connectivity index (χ1) is 10.7. The van der Waals surface area contributed by atoms with Crippen molar-refractivity contribution in [2.45, 2.75) is 13.5 Å². The molecule has 0 spiro atoms. The number of fused-ring (bicyclic) bond motifs is 1. The van der Waals surface area contributed by atoms with E-state index < -0.39 is 0 Å². The van der Waals surface area contributed by atoms with Crippen molar-refractivity contribution in [1.82, 2.24) is 14.6 Å². The number of rotatable bonds is 6. The number of hydrogen-bond donors (Lipinski definition) is 0. The van der Waals surface area contributed by atoms with Crippen LogP contribution < -0.4 is 10.5 Å². The Morgan fingerprint density at radius 2 is 2.27 bits per heavy atom. The molecule has 0 aliphatic carbocycles. The zero-order valence-electron chi connectivity index (χ0n) is 12.4. The summed E-state index contributed by atoms with van der Waals surface area (Å²) in [5.74, 6) is 1.71. The fourth-order valence-electron chi connectivity index (χ4n) is 2.06. The summed E-state index contributed by atoms with van der Waals surface area (Å²) in [5, 5.41) is 5.07. The van der Waals surface area contributed by atoms with Crippen molar-refractivity contribution in [2.75, 3.05) is 25.2 Å². The van der Waals surface area contributed by atoms with Gasteiger partial charge in [-0.3, -0.25) is 4.79 Å². The van der Waals surface area contributed by atoms with Crippen LogP contribution in [0.3, 0.4) is 0 Å². The maximum atomic E-state index is 11.8. The molecule has 22 heavy (non-hydrogen) atoms. The molecule has 116 valence electrons. The van der Waals surface area contributed by atoms with Crippen molar-refractivity contribution in [3.63, 3.8) is 0 Å². The van der Waals surface area contributed by atoms with Crippen LogP contribution in [0, 0.1) is 6.92 Å². The molecule has 0 unspecified atom stereocenters. The summed E-state index contributed by atoms with van der Waals surface area (Å²) in [5.41, 5.74) is -0.187. The van der Waals surface area contributed by atoms with E-state index in [1.165, 1.54) is 28.1 Å². The van der Waals surface area contributed by atoms with E-state index in [-0.39, 0.29) is 5.56 Å². The third-order valence-electron chi connectivity index (χ3n) is 3.14. The molecule has 3 heterocycles. The van der Waals surface area contributed by atoms with Crippen LogP contribution >= 0.6 is 11.3 Å². The smallest absolute Gasteiger partial charge is 0.275 e. The van der Waals surface area contributed by atoms with Gasteiger partial charge in [0.05, 0.1) is 13.2 Å². The van der Waals surface area contributed by atoms with E-state index in [9.17, 15) is 4.79 Å². The van der Waals surface area contributed by atoms with Crippen molar-refractivity contribution in [3.05, 3.63) is 46.3 Å². The summed E-state index contributed by atoms with van der Waals surface area (Å²) >= 11 is 1.37. The van der Waals surface area contributed by atoms with Gasteiger partial charge in [-0.15, -0.1) is 5.10 Å². The molecule has 0 aliphatic heterocycles. The van der Waals surface area contributed by atoms with Gasteiger partial charge in [-0.25, -0.2) is 4.98 Å². The zero-order valence-corrected chi connectivity index (χ0v) is 13.2. The first-order valence-corrected chi connectivity index (χ1v) is 7.63. The second kappa shape index (κ2) is 6.29. The highest BCUT2D eigenvalue weighted by Crippen LogP contribution is 2.23. The number of anilines is 1. The van der Waals surface area contributed by atoms with Crippen LogP contribution in [0.25, 0.3) is 4.96 Å². The fourth-order valence-corrected chi connectivity index (χ4v) is 2.96. The van der Waals surface area contributed by atoms with Gasteiger partial charge in [0.1, 0.15) is 11.5 Å².